The molecule has 0 bridgehead atoms. The fourth-order valence-electron chi connectivity index (χ4n) is 4.40. The summed E-state index contributed by atoms with van der Waals surface area (Å²) in [6, 6.07) is 8.44. The number of aliphatic hydroxyl groups is 1. The molecule has 2 atom stereocenters. The van der Waals surface area contributed by atoms with Gasteiger partial charge in [-0.15, -0.1) is 0 Å². The van der Waals surface area contributed by atoms with Gasteiger partial charge in [0.05, 0.1) is 0 Å². The van der Waals surface area contributed by atoms with Gasteiger partial charge >= 0.3 is 0 Å². The fraction of sp³-hybridized carbons (Fsp3) is 0.667. The number of hydrogen-bond acceptors (Lipinski definition) is 7. The number of benzene rings is 1. The van der Waals surface area contributed by atoms with E-state index in [9.17, 15) is 9.90 Å². The molecule has 1 aromatic rings. The standard InChI is InChI=1S/C24H36N2O2S4/c1-23(2,3)20-9-7-8-18(14-20)15-24(28)11-10-19(16-26(24)21(29)30)17-31-22(27)32-25-12-5-4-6-13-25/h7-9,14,19,28H,4-6,10-13,15-17H2,1-3H3,(H,29,30)/p-1. The van der Waals surface area contributed by atoms with E-state index in [1.165, 1.54) is 48.5 Å². The molecule has 2 saturated heterocycles. The summed E-state index contributed by atoms with van der Waals surface area (Å²) in [5, 5.41) is 11.5. The Labute approximate surface area is 212 Å². The van der Waals surface area contributed by atoms with Crippen molar-refractivity contribution < 1.29 is 9.90 Å². The molecular weight excluding hydrogens is 477 g/mol. The van der Waals surface area contributed by atoms with E-state index in [-0.39, 0.29) is 15.8 Å². The van der Waals surface area contributed by atoms with Gasteiger partial charge in [-0.3, -0.25) is 4.79 Å². The lowest BCUT2D eigenvalue weighted by Gasteiger charge is -2.49. The molecule has 2 aliphatic rings. The zero-order valence-corrected chi connectivity index (χ0v) is 22.6. The van der Waals surface area contributed by atoms with E-state index < -0.39 is 5.72 Å². The van der Waals surface area contributed by atoms with Crippen LogP contribution in [0.1, 0.15) is 64.0 Å². The van der Waals surface area contributed by atoms with Crippen molar-refractivity contribution in [3.63, 3.8) is 0 Å². The van der Waals surface area contributed by atoms with Gasteiger partial charge in [0.15, 0.2) is 0 Å². The zero-order chi connectivity index (χ0) is 23.4. The molecule has 0 amide bonds. The lowest BCUT2D eigenvalue weighted by atomic mass is 9.83. The third-order valence-electron chi connectivity index (χ3n) is 6.35. The summed E-state index contributed by atoms with van der Waals surface area (Å²) < 4.78 is 2.66. The minimum absolute atomic E-state index is 0.0548. The number of nitrogens with zero attached hydrogens (tertiary/aromatic N) is 2. The molecule has 0 spiro atoms. The van der Waals surface area contributed by atoms with Gasteiger partial charge in [-0.05, 0) is 48.1 Å². The highest BCUT2D eigenvalue weighted by atomic mass is 32.2. The molecule has 1 aromatic carbocycles. The summed E-state index contributed by atoms with van der Waals surface area (Å²) in [5.41, 5.74) is 1.33. The van der Waals surface area contributed by atoms with Crippen molar-refractivity contribution in [1.29, 1.82) is 0 Å². The van der Waals surface area contributed by atoms with Crippen LogP contribution >= 0.6 is 35.9 Å². The molecule has 178 valence electrons. The van der Waals surface area contributed by atoms with E-state index >= 15 is 0 Å². The van der Waals surface area contributed by atoms with Crippen LogP contribution in [-0.2, 0) is 24.5 Å². The molecule has 0 radical (unpaired) electrons. The Balaban J connectivity index is 1.58. The van der Waals surface area contributed by atoms with E-state index in [4.69, 9.17) is 24.8 Å². The van der Waals surface area contributed by atoms with Gasteiger partial charge in [0.1, 0.15) is 5.72 Å². The molecule has 8 heteroatoms. The highest BCUT2D eigenvalue weighted by Crippen LogP contribution is 2.36. The number of carbonyl (C=O) groups excluding carboxylic acids is 1. The van der Waals surface area contributed by atoms with Gasteiger partial charge in [0.2, 0.25) is 0 Å². The third-order valence-corrected chi connectivity index (χ3v) is 9.02. The van der Waals surface area contributed by atoms with Crippen molar-refractivity contribution in [3.05, 3.63) is 35.4 Å². The van der Waals surface area contributed by atoms with Crippen molar-refractivity contribution in [2.24, 2.45) is 5.92 Å². The molecule has 2 aliphatic heterocycles. The normalized spacial score (nSPS) is 25.0. The van der Waals surface area contributed by atoms with Crippen LogP contribution in [0, 0.1) is 5.92 Å². The maximum atomic E-state index is 12.4. The van der Waals surface area contributed by atoms with Gasteiger partial charge < -0.3 is 34.9 Å². The predicted octanol–water partition coefficient (Wildman–Crippen LogP) is 5.75. The molecule has 0 saturated carbocycles. The number of piperidine rings is 2. The summed E-state index contributed by atoms with van der Waals surface area (Å²) in [4.78, 5) is 14.2. The van der Waals surface area contributed by atoms with Crippen LogP contribution in [0.2, 0.25) is 0 Å². The van der Waals surface area contributed by atoms with Crippen LogP contribution < -0.4 is 0 Å². The van der Waals surface area contributed by atoms with Gasteiger partial charge in [0, 0.05) is 43.8 Å². The Hall–Kier alpha value is -0.380. The summed E-state index contributed by atoms with van der Waals surface area (Å²) in [6.45, 7) is 9.19. The fourth-order valence-corrected chi connectivity index (χ4v) is 6.92. The van der Waals surface area contributed by atoms with Crippen LogP contribution in [0.3, 0.4) is 0 Å². The molecule has 2 unspecified atom stereocenters. The zero-order valence-electron chi connectivity index (χ0n) is 19.3. The molecule has 0 aliphatic carbocycles. The largest absolute Gasteiger partial charge is 0.411 e. The average Bonchev–Trinajstić information content (AvgIpc) is 2.73. The SMILES string of the molecule is CC(C)(C)c1cccc(CC2(O)CCC(CSC(=O)SN3CCCCC3)CN2C(=S)[S-])c1. The highest BCUT2D eigenvalue weighted by Gasteiger charge is 2.39. The molecule has 2 fully saturated rings. The Morgan fingerprint density at radius 3 is 2.66 bits per heavy atom. The third kappa shape index (κ3) is 7.31. The van der Waals surface area contributed by atoms with E-state index in [1.54, 1.807) is 0 Å². The average molecular weight is 512 g/mol. The summed E-state index contributed by atoms with van der Waals surface area (Å²) >= 11 is 13.5. The number of carbonyl (C=O) groups is 1. The van der Waals surface area contributed by atoms with E-state index in [0.29, 0.717) is 23.7 Å². The van der Waals surface area contributed by atoms with Crippen molar-refractivity contribution in [2.45, 2.75) is 70.4 Å². The summed E-state index contributed by atoms with van der Waals surface area (Å²) in [5.74, 6) is 1.02. The molecule has 0 aromatic heterocycles. The second-order valence-electron chi connectivity index (χ2n) is 10.0. The number of rotatable bonds is 5. The highest BCUT2D eigenvalue weighted by molar-refractivity contribution is 8.37. The van der Waals surface area contributed by atoms with Crippen LogP contribution in [0.15, 0.2) is 24.3 Å². The Morgan fingerprint density at radius 1 is 1.28 bits per heavy atom. The molecule has 32 heavy (non-hydrogen) atoms. The first kappa shape index (κ1) is 26.2. The summed E-state index contributed by atoms with van der Waals surface area (Å²) in [7, 11) is 0. The van der Waals surface area contributed by atoms with Crippen LogP contribution in [0.4, 0.5) is 4.79 Å². The smallest absolute Gasteiger partial charge is 0.261 e. The maximum Gasteiger partial charge on any atom is 0.261 e. The van der Waals surface area contributed by atoms with E-state index in [2.05, 4.69) is 49.3 Å². The monoisotopic (exact) mass is 511 g/mol. The minimum Gasteiger partial charge on any atom is -0.411 e. The lowest BCUT2D eigenvalue weighted by molar-refractivity contribution is -0.100. The topological polar surface area (TPSA) is 43.8 Å². The molecule has 3 rings (SSSR count). The van der Waals surface area contributed by atoms with Crippen molar-refractivity contribution in [2.75, 3.05) is 25.4 Å². The van der Waals surface area contributed by atoms with E-state index in [0.717, 1.165) is 30.8 Å². The quantitative estimate of drug-likeness (QED) is 0.305. The lowest BCUT2D eigenvalue weighted by Crippen LogP contribution is -2.57. The number of likely N-dealkylation sites (tertiary alicyclic amines) is 1. The molecule has 4 nitrogen and oxygen atoms in total. The van der Waals surface area contributed by atoms with E-state index in [1.807, 2.05) is 4.90 Å². The van der Waals surface area contributed by atoms with Gasteiger partial charge in [0.25, 0.3) is 4.45 Å². The van der Waals surface area contributed by atoms with Crippen molar-refractivity contribution in [3.8, 4) is 0 Å². The molecule has 1 N–H and O–H groups in total. The second-order valence-corrected chi connectivity index (χ2v) is 13.4. The maximum absolute atomic E-state index is 12.4. The Morgan fingerprint density at radius 2 is 2.00 bits per heavy atom. The number of thioether (sulfide) groups is 1. The first-order valence-corrected chi connectivity index (χ1v) is 14.0. The minimum atomic E-state index is -1.07. The predicted molar refractivity (Wildman–Crippen MR) is 144 cm³/mol. The molecular formula is C24H35N2O2S4-. The number of thiocarbonyl (C=S) groups is 1. The van der Waals surface area contributed by atoms with Crippen LogP contribution in [-0.4, -0.2) is 54.2 Å². The van der Waals surface area contributed by atoms with Crippen LogP contribution in [0.25, 0.3) is 0 Å². The Bertz CT molecular complexity index is 807. The summed E-state index contributed by atoms with van der Waals surface area (Å²) in [6.07, 6.45) is 5.57. The van der Waals surface area contributed by atoms with Crippen molar-refractivity contribution >= 4 is 57.3 Å². The van der Waals surface area contributed by atoms with Crippen molar-refractivity contribution in [1.82, 2.24) is 9.21 Å². The van der Waals surface area contributed by atoms with Gasteiger partial charge in [-0.25, -0.2) is 4.31 Å². The molecule has 2 heterocycles. The first-order valence-electron chi connectivity index (χ1n) is 11.5. The van der Waals surface area contributed by atoms with Gasteiger partial charge in [-0.1, -0.05) is 67.5 Å². The Kier molecular flexibility index (Phi) is 9.31. The first-order chi connectivity index (χ1) is 15.1. The second kappa shape index (κ2) is 11.4. The number of hydrogen-bond donors (Lipinski definition) is 1. The van der Waals surface area contributed by atoms with Crippen LogP contribution in [0.5, 0.6) is 0 Å². The van der Waals surface area contributed by atoms with Gasteiger partial charge in [-0.2, -0.15) is 0 Å².